The van der Waals surface area contributed by atoms with E-state index in [0.717, 1.165) is 13.0 Å². The second-order valence-electron chi connectivity index (χ2n) is 7.01. The van der Waals surface area contributed by atoms with Crippen molar-refractivity contribution in [3.63, 3.8) is 0 Å². The Kier molecular flexibility index (Phi) is 5.41. The predicted octanol–water partition coefficient (Wildman–Crippen LogP) is 1.96. The summed E-state index contributed by atoms with van der Waals surface area (Å²) in [6, 6.07) is 10.4. The molecule has 0 unspecified atom stereocenters. The highest BCUT2D eigenvalue weighted by Crippen LogP contribution is 2.37. The fraction of sp³-hybridized carbons (Fsp3) is 0.333. The molecule has 1 aromatic carbocycles. The number of hydrogen-bond acceptors (Lipinski definition) is 5. The molecule has 0 spiro atoms. The maximum Gasteiger partial charge on any atom is 0.264 e. The molecule has 29 heavy (non-hydrogen) atoms. The summed E-state index contributed by atoms with van der Waals surface area (Å²) in [7, 11) is 0. The minimum Gasteiger partial charge on any atom is -0.436 e. The number of hydrogen-bond donors (Lipinski definition) is 1. The molecule has 1 saturated heterocycles. The minimum atomic E-state index is -0.337. The molecule has 0 aliphatic carbocycles. The molecule has 8 heteroatoms. The van der Waals surface area contributed by atoms with Gasteiger partial charge in [0.25, 0.3) is 5.91 Å². The van der Waals surface area contributed by atoms with Gasteiger partial charge in [-0.25, -0.2) is 4.98 Å². The van der Waals surface area contributed by atoms with Crippen molar-refractivity contribution in [1.82, 2.24) is 15.2 Å². The first-order valence-electron chi connectivity index (χ1n) is 9.72. The van der Waals surface area contributed by atoms with Crippen LogP contribution in [0.4, 0.5) is 5.69 Å². The van der Waals surface area contributed by atoms with E-state index in [4.69, 9.17) is 4.74 Å². The molecule has 0 saturated carbocycles. The number of nitrogens with zero attached hydrogens (tertiary/aromatic N) is 3. The Hall–Kier alpha value is -3.42. The van der Waals surface area contributed by atoms with Gasteiger partial charge in [-0.05, 0) is 37.1 Å². The van der Waals surface area contributed by atoms with Crippen LogP contribution < -0.4 is 15.0 Å². The van der Waals surface area contributed by atoms with Gasteiger partial charge in [0.1, 0.15) is 12.1 Å². The van der Waals surface area contributed by atoms with Gasteiger partial charge < -0.3 is 15.0 Å². The number of para-hydroxylation sites is 2. The molecule has 4 rings (SSSR count). The van der Waals surface area contributed by atoms with Gasteiger partial charge in [0.2, 0.25) is 17.7 Å². The van der Waals surface area contributed by atoms with Crippen molar-refractivity contribution in [3.05, 3.63) is 48.2 Å². The third-order valence-corrected chi connectivity index (χ3v) is 5.01. The summed E-state index contributed by atoms with van der Waals surface area (Å²) in [6.07, 6.45) is 3.75. The monoisotopic (exact) mass is 394 g/mol. The van der Waals surface area contributed by atoms with Gasteiger partial charge in [-0.1, -0.05) is 12.1 Å². The van der Waals surface area contributed by atoms with E-state index in [1.807, 2.05) is 4.90 Å². The van der Waals surface area contributed by atoms with Crippen molar-refractivity contribution in [2.24, 2.45) is 0 Å². The molecule has 3 amide bonds. The molecule has 1 aromatic heterocycles. The van der Waals surface area contributed by atoms with E-state index in [1.165, 1.54) is 4.90 Å². The minimum absolute atomic E-state index is 0.129. The van der Waals surface area contributed by atoms with Crippen molar-refractivity contribution < 1.29 is 19.1 Å². The van der Waals surface area contributed by atoms with E-state index in [0.29, 0.717) is 42.9 Å². The Labute approximate surface area is 168 Å². The summed E-state index contributed by atoms with van der Waals surface area (Å²) in [4.78, 5) is 44.6. The number of pyridine rings is 1. The molecule has 150 valence electrons. The predicted molar refractivity (Wildman–Crippen MR) is 106 cm³/mol. The Balaban J connectivity index is 1.42. The van der Waals surface area contributed by atoms with Crippen molar-refractivity contribution >= 4 is 23.4 Å². The largest absolute Gasteiger partial charge is 0.436 e. The zero-order chi connectivity index (χ0) is 20.2. The average molecular weight is 394 g/mol. The molecule has 2 aliphatic rings. The lowest BCUT2D eigenvalue weighted by Gasteiger charge is -2.21. The highest BCUT2D eigenvalue weighted by atomic mass is 16.5. The summed E-state index contributed by atoms with van der Waals surface area (Å²) in [5, 5.41) is 2.84. The van der Waals surface area contributed by atoms with Crippen LogP contribution in [0, 0.1) is 0 Å². The number of carbonyl (C=O) groups excluding carboxylic acids is 3. The van der Waals surface area contributed by atoms with Crippen molar-refractivity contribution in [2.75, 3.05) is 31.1 Å². The first-order chi connectivity index (χ1) is 14.1. The third kappa shape index (κ3) is 4.06. The number of benzene rings is 1. The van der Waals surface area contributed by atoms with Crippen LogP contribution in [0.3, 0.4) is 0 Å². The van der Waals surface area contributed by atoms with E-state index in [2.05, 4.69) is 10.3 Å². The molecule has 1 fully saturated rings. The van der Waals surface area contributed by atoms with Crippen LogP contribution in [0.2, 0.25) is 0 Å². The van der Waals surface area contributed by atoms with E-state index in [9.17, 15) is 14.4 Å². The normalized spacial score (nSPS) is 15.4. The van der Waals surface area contributed by atoms with Crippen LogP contribution in [-0.4, -0.2) is 53.8 Å². The summed E-state index contributed by atoms with van der Waals surface area (Å²) in [5.41, 5.74) is 0.831. The molecule has 8 nitrogen and oxygen atoms in total. The molecule has 1 N–H and O–H groups in total. The van der Waals surface area contributed by atoms with Gasteiger partial charge >= 0.3 is 0 Å². The summed E-state index contributed by atoms with van der Waals surface area (Å²) < 4.78 is 5.81. The summed E-state index contributed by atoms with van der Waals surface area (Å²) >= 11 is 0. The fourth-order valence-electron chi connectivity index (χ4n) is 3.55. The quantitative estimate of drug-likeness (QED) is 0.757. The van der Waals surface area contributed by atoms with Gasteiger partial charge in [-0.3, -0.25) is 19.3 Å². The highest BCUT2D eigenvalue weighted by molar-refractivity contribution is 6.11. The van der Waals surface area contributed by atoms with Gasteiger partial charge in [-0.2, -0.15) is 0 Å². The molecular weight excluding hydrogens is 372 g/mol. The average Bonchev–Trinajstić information content (AvgIpc) is 3.10. The molecular formula is C21H22N4O4. The highest BCUT2D eigenvalue weighted by Gasteiger charge is 2.30. The zero-order valence-electron chi connectivity index (χ0n) is 16.0. The number of aromatic nitrogens is 1. The van der Waals surface area contributed by atoms with Gasteiger partial charge in [-0.15, -0.1) is 0 Å². The van der Waals surface area contributed by atoms with E-state index < -0.39 is 0 Å². The smallest absolute Gasteiger partial charge is 0.264 e. The number of carbonyl (C=O) groups is 3. The lowest BCUT2D eigenvalue weighted by atomic mass is 10.2. The molecule has 0 bridgehead atoms. The second kappa shape index (κ2) is 8.30. The van der Waals surface area contributed by atoms with Crippen LogP contribution in [0.1, 0.15) is 29.6 Å². The van der Waals surface area contributed by atoms with Crippen molar-refractivity contribution in [2.45, 2.75) is 19.3 Å². The molecule has 2 aromatic rings. The third-order valence-electron chi connectivity index (χ3n) is 5.01. The lowest BCUT2D eigenvalue weighted by Crippen LogP contribution is -2.41. The Bertz CT molecular complexity index is 946. The van der Waals surface area contributed by atoms with E-state index >= 15 is 0 Å². The number of rotatable bonds is 6. The Morgan fingerprint density at radius 1 is 1.17 bits per heavy atom. The number of nitrogens with one attached hydrogen (secondary N) is 1. The maximum atomic E-state index is 13.1. The summed E-state index contributed by atoms with van der Waals surface area (Å²) in [6.45, 7) is 1.74. The molecule has 2 aliphatic heterocycles. The van der Waals surface area contributed by atoms with Crippen LogP contribution in [-0.2, 0) is 9.59 Å². The fourth-order valence-corrected chi connectivity index (χ4v) is 3.55. The number of fused-ring (bicyclic) bond motifs is 2. The Morgan fingerprint density at radius 3 is 2.86 bits per heavy atom. The van der Waals surface area contributed by atoms with Crippen LogP contribution >= 0.6 is 0 Å². The van der Waals surface area contributed by atoms with Gasteiger partial charge in [0.05, 0.1) is 5.69 Å². The van der Waals surface area contributed by atoms with Crippen LogP contribution in [0.15, 0.2) is 42.6 Å². The SMILES string of the molecule is O=C(CN1C(=O)c2cccnc2Oc2ccccc21)NCCCN1CCCC1=O. The number of ether oxygens (including phenoxy) is 1. The first kappa shape index (κ1) is 18.9. The lowest BCUT2D eigenvalue weighted by molar-refractivity contribution is -0.127. The standard InChI is InChI=1S/C21H22N4O4/c26-18(22-11-5-13-24-12-4-9-19(24)27)14-25-16-7-1-2-8-17(16)29-20-15(21(25)28)6-3-10-23-20/h1-3,6-8,10H,4-5,9,11-14H2,(H,22,26). The number of amides is 3. The van der Waals surface area contributed by atoms with Crippen LogP contribution in [0.25, 0.3) is 0 Å². The van der Waals surface area contributed by atoms with Gasteiger partial charge in [0, 0.05) is 32.3 Å². The second-order valence-corrected chi connectivity index (χ2v) is 7.01. The van der Waals surface area contributed by atoms with Crippen molar-refractivity contribution in [1.29, 1.82) is 0 Å². The number of likely N-dealkylation sites (tertiary alicyclic amines) is 1. The maximum absolute atomic E-state index is 13.1. The van der Waals surface area contributed by atoms with Crippen LogP contribution in [0.5, 0.6) is 11.6 Å². The zero-order valence-corrected chi connectivity index (χ0v) is 16.0. The molecule has 3 heterocycles. The Morgan fingerprint density at radius 2 is 2.03 bits per heavy atom. The van der Waals surface area contributed by atoms with E-state index in [-0.39, 0.29) is 30.1 Å². The first-order valence-corrected chi connectivity index (χ1v) is 9.72. The molecule has 0 atom stereocenters. The van der Waals surface area contributed by atoms with Crippen molar-refractivity contribution in [3.8, 4) is 11.6 Å². The van der Waals surface area contributed by atoms with Gasteiger partial charge in [0.15, 0.2) is 5.75 Å². The summed E-state index contributed by atoms with van der Waals surface area (Å²) in [5.74, 6) is 0.265. The van der Waals surface area contributed by atoms with E-state index in [1.54, 1.807) is 42.6 Å². The molecule has 0 radical (unpaired) electrons. The topological polar surface area (TPSA) is 91.8 Å². The number of anilines is 1.